The smallest absolute Gasteiger partial charge is 0.253 e. The molecule has 92 valence electrons. The van der Waals surface area contributed by atoms with E-state index in [1.54, 1.807) is 0 Å². The van der Waals surface area contributed by atoms with Gasteiger partial charge in [0.05, 0.1) is 0 Å². The Kier molecular flexibility index (Phi) is 3.79. The molecule has 2 N–H and O–H groups in total. The monoisotopic (exact) mass is 232 g/mol. The van der Waals surface area contributed by atoms with Crippen molar-refractivity contribution >= 4 is 5.91 Å². The van der Waals surface area contributed by atoms with Crippen molar-refractivity contribution in [2.45, 2.75) is 26.3 Å². The molecule has 0 saturated carbocycles. The summed E-state index contributed by atoms with van der Waals surface area (Å²) in [5, 5.41) is 0. The van der Waals surface area contributed by atoms with Crippen LogP contribution in [0.25, 0.3) is 0 Å². The molecule has 2 rings (SSSR count). The first-order valence-electron chi connectivity index (χ1n) is 6.29. The Morgan fingerprint density at radius 3 is 2.76 bits per heavy atom. The zero-order chi connectivity index (χ0) is 12.3. The fourth-order valence-corrected chi connectivity index (χ4v) is 2.23. The van der Waals surface area contributed by atoms with Crippen molar-refractivity contribution in [1.29, 1.82) is 0 Å². The quantitative estimate of drug-likeness (QED) is 0.848. The molecule has 1 saturated heterocycles. The van der Waals surface area contributed by atoms with Crippen molar-refractivity contribution < 1.29 is 4.79 Å². The normalized spacial score (nSPS) is 17.2. The van der Waals surface area contributed by atoms with Crippen LogP contribution in [0, 0.1) is 5.92 Å². The van der Waals surface area contributed by atoms with Crippen LogP contribution in [0.5, 0.6) is 0 Å². The molecule has 1 aliphatic heterocycles. The van der Waals surface area contributed by atoms with Gasteiger partial charge in [-0.25, -0.2) is 0 Å². The highest BCUT2D eigenvalue weighted by molar-refractivity contribution is 5.94. The van der Waals surface area contributed by atoms with Gasteiger partial charge in [0.15, 0.2) is 0 Å². The van der Waals surface area contributed by atoms with Crippen molar-refractivity contribution in [3.63, 3.8) is 0 Å². The average Bonchev–Trinajstić information content (AvgIpc) is 2.39. The highest BCUT2D eigenvalue weighted by atomic mass is 16.2. The SMILES string of the molecule is CC1CCN(C(=O)c2cccc(CN)c2)CC1. The summed E-state index contributed by atoms with van der Waals surface area (Å²) in [6, 6.07) is 7.64. The van der Waals surface area contributed by atoms with Gasteiger partial charge in [-0.05, 0) is 36.5 Å². The second-order valence-electron chi connectivity index (χ2n) is 4.88. The van der Waals surface area contributed by atoms with Crippen LogP contribution in [0.1, 0.15) is 35.7 Å². The number of benzene rings is 1. The number of amides is 1. The molecular formula is C14H20N2O. The zero-order valence-electron chi connectivity index (χ0n) is 10.4. The van der Waals surface area contributed by atoms with E-state index in [0.717, 1.165) is 43.0 Å². The van der Waals surface area contributed by atoms with Crippen molar-refractivity contribution in [3.05, 3.63) is 35.4 Å². The van der Waals surface area contributed by atoms with Crippen molar-refractivity contribution in [2.24, 2.45) is 11.7 Å². The minimum Gasteiger partial charge on any atom is -0.339 e. The van der Waals surface area contributed by atoms with E-state index >= 15 is 0 Å². The third kappa shape index (κ3) is 2.86. The van der Waals surface area contributed by atoms with Gasteiger partial charge in [-0.2, -0.15) is 0 Å². The molecule has 0 atom stereocenters. The Labute approximate surface area is 103 Å². The summed E-state index contributed by atoms with van der Waals surface area (Å²) in [4.78, 5) is 14.2. The van der Waals surface area contributed by atoms with Gasteiger partial charge in [-0.15, -0.1) is 0 Å². The van der Waals surface area contributed by atoms with Crippen LogP contribution in [-0.4, -0.2) is 23.9 Å². The predicted molar refractivity (Wildman–Crippen MR) is 68.6 cm³/mol. The highest BCUT2D eigenvalue weighted by Gasteiger charge is 2.21. The zero-order valence-corrected chi connectivity index (χ0v) is 10.4. The van der Waals surface area contributed by atoms with Gasteiger partial charge in [0, 0.05) is 25.2 Å². The molecule has 0 unspecified atom stereocenters. The van der Waals surface area contributed by atoms with Crippen LogP contribution in [0.15, 0.2) is 24.3 Å². The molecule has 17 heavy (non-hydrogen) atoms. The highest BCUT2D eigenvalue weighted by Crippen LogP contribution is 2.18. The number of nitrogens with zero attached hydrogens (tertiary/aromatic N) is 1. The Morgan fingerprint density at radius 2 is 2.12 bits per heavy atom. The molecule has 1 aromatic carbocycles. The molecule has 1 aromatic rings. The average molecular weight is 232 g/mol. The topological polar surface area (TPSA) is 46.3 Å². The number of carbonyl (C=O) groups is 1. The van der Waals surface area contributed by atoms with E-state index in [1.807, 2.05) is 29.2 Å². The van der Waals surface area contributed by atoms with Gasteiger partial charge in [-0.3, -0.25) is 4.79 Å². The van der Waals surface area contributed by atoms with Gasteiger partial charge in [0.2, 0.25) is 0 Å². The summed E-state index contributed by atoms with van der Waals surface area (Å²) in [5.41, 5.74) is 7.37. The molecule has 1 heterocycles. The molecule has 3 heteroatoms. The van der Waals surface area contributed by atoms with Crippen LogP contribution in [0.4, 0.5) is 0 Å². The predicted octanol–water partition coefficient (Wildman–Crippen LogP) is 2.02. The maximum atomic E-state index is 12.3. The van der Waals surface area contributed by atoms with Crippen molar-refractivity contribution in [3.8, 4) is 0 Å². The van der Waals surface area contributed by atoms with Gasteiger partial charge < -0.3 is 10.6 Å². The number of hydrogen-bond acceptors (Lipinski definition) is 2. The molecule has 0 aromatic heterocycles. The number of nitrogens with two attached hydrogens (primary N) is 1. The Morgan fingerprint density at radius 1 is 1.41 bits per heavy atom. The molecule has 0 bridgehead atoms. The van der Waals surface area contributed by atoms with Crippen LogP contribution in [0.2, 0.25) is 0 Å². The van der Waals surface area contributed by atoms with Crippen molar-refractivity contribution in [1.82, 2.24) is 4.90 Å². The second-order valence-corrected chi connectivity index (χ2v) is 4.88. The second kappa shape index (κ2) is 5.32. The van der Waals surface area contributed by atoms with E-state index in [0.29, 0.717) is 6.54 Å². The molecule has 1 amide bonds. The Balaban J connectivity index is 2.08. The summed E-state index contributed by atoms with van der Waals surface area (Å²) in [5.74, 6) is 0.890. The summed E-state index contributed by atoms with van der Waals surface area (Å²) in [6.07, 6.45) is 2.23. The van der Waals surface area contributed by atoms with E-state index in [1.165, 1.54) is 0 Å². The third-order valence-corrected chi connectivity index (χ3v) is 3.48. The van der Waals surface area contributed by atoms with Gasteiger partial charge >= 0.3 is 0 Å². The Hall–Kier alpha value is -1.35. The summed E-state index contributed by atoms with van der Waals surface area (Å²) in [6.45, 7) is 4.49. The largest absolute Gasteiger partial charge is 0.339 e. The number of hydrogen-bond donors (Lipinski definition) is 1. The lowest BCUT2D eigenvalue weighted by Gasteiger charge is -2.30. The van der Waals surface area contributed by atoms with Crippen LogP contribution >= 0.6 is 0 Å². The van der Waals surface area contributed by atoms with Gasteiger partial charge in [0.1, 0.15) is 0 Å². The van der Waals surface area contributed by atoms with E-state index in [9.17, 15) is 4.79 Å². The lowest BCUT2D eigenvalue weighted by atomic mass is 9.98. The molecule has 3 nitrogen and oxygen atoms in total. The van der Waals surface area contributed by atoms with Crippen LogP contribution in [0.3, 0.4) is 0 Å². The van der Waals surface area contributed by atoms with E-state index < -0.39 is 0 Å². The Bertz CT molecular complexity index is 395. The van der Waals surface area contributed by atoms with Gasteiger partial charge in [0.25, 0.3) is 5.91 Å². The van der Waals surface area contributed by atoms with Crippen molar-refractivity contribution in [2.75, 3.05) is 13.1 Å². The lowest BCUT2D eigenvalue weighted by molar-refractivity contribution is 0.0697. The molecule has 1 fully saturated rings. The number of carbonyl (C=O) groups excluding carboxylic acids is 1. The lowest BCUT2D eigenvalue weighted by Crippen LogP contribution is -2.37. The first-order valence-corrected chi connectivity index (χ1v) is 6.29. The van der Waals surface area contributed by atoms with E-state index in [-0.39, 0.29) is 5.91 Å². The molecule has 0 aliphatic carbocycles. The molecule has 0 radical (unpaired) electrons. The van der Waals surface area contributed by atoms with Crippen LogP contribution < -0.4 is 5.73 Å². The maximum absolute atomic E-state index is 12.3. The number of piperidine rings is 1. The third-order valence-electron chi connectivity index (χ3n) is 3.48. The van der Waals surface area contributed by atoms with Crippen LogP contribution in [-0.2, 0) is 6.54 Å². The molecule has 1 aliphatic rings. The fourth-order valence-electron chi connectivity index (χ4n) is 2.23. The molecular weight excluding hydrogens is 212 g/mol. The summed E-state index contributed by atoms with van der Waals surface area (Å²) >= 11 is 0. The summed E-state index contributed by atoms with van der Waals surface area (Å²) in [7, 11) is 0. The number of likely N-dealkylation sites (tertiary alicyclic amines) is 1. The minimum absolute atomic E-state index is 0.146. The summed E-state index contributed by atoms with van der Waals surface area (Å²) < 4.78 is 0. The minimum atomic E-state index is 0.146. The van der Waals surface area contributed by atoms with E-state index in [4.69, 9.17) is 5.73 Å². The van der Waals surface area contributed by atoms with E-state index in [2.05, 4.69) is 6.92 Å². The van der Waals surface area contributed by atoms with Gasteiger partial charge in [-0.1, -0.05) is 19.1 Å². The first-order chi connectivity index (χ1) is 8.20. The standard InChI is InChI=1S/C14H20N2O/c1-11-5-7-16(8-6-11)14(17)13-4-2-3-12(9-13)10-15/h2-4,9,11H,5-8,10,15H2,1H3. The fraction of sp³-hybridized carbons (Fsp3) is 0.500. The molecule has 0 spiro atoms. The first kappa shape index (κ1) is 12.1. The maximum Gasteiger partial charge on any atom is 0.253 e. The number of rotatable bonds is 2.